The minimum absolute atomic E-state index is 0.137. The fourth-order valence-corrected chi connectivity index (χ4v) is 4.32. The van der Waals surface area contributed by atoms with E-state index in [1.165, 1.54) is 13.2 Å². The van der Waals surface area contributed by atoms with Crippen LogP contribution < -0.4 is 0 Å². The number of phenols is 2. The molecule has 0 aromatic heterocycles. The van der Waals surface area contributed by atoms with Crippen molar-refractivity contribution < 1.29 is 24.9 Å². The Labute approximate surface area is 141 Å². The van der Waals surface area contributed by atoms with E-state index in [1.807, 2.05) is 25.9 Å². The second-order valence-corrected chi connectivity index (χ2v) is 7.07. The first-order valence-electron chi connectivity index (χ1n) is 7.91. The average Bonchev–Trinajstić information content (AvgIpc) is 2.50. The predicted molar refractivity (Wildman–Crippen MR) is 87.8 cm³/mol. The molecular weight excluding hydrogens is 310 g/mol. The van der Waals surface area contributed by atoms with Gasteiger partial charge in [-0.2, -0.15) is 0 Å². The van der Waals surface area contributed by atoms with Crippen molar-refractivity contribution in [3.8, 4) is 11.5 Å². The Morgan fingerprint density at radius 3 is 2.54 bits per heavy atom. The van der Waals surface area contributed by atoms with Gasteiger partial charge in [-0.05, 0) is 31.8 Å². The van der Waals surface area contributed by atoms with Crippen molar-refractivity contribution in [3.05, 3.63) is 35.1 Å². The molecule has 2 aliphatic carbocycles. The molecule has 1 aromatic rings. The van der Waals surface area contributed by atoms with Gasteiger partial charge < -0.3 is 25.0 Å². The van der Waals surface area contributed by atoms with Gasteiger partial charge >= 0.3 is 0 Å². The summed E-state index contributed by atoms with van der Waals surface area (Å²) >= 11 is 0. The molecule has 3 rings (SSSR count). The number of rotatable bonds is 2. The van der Waals surface area contributed by atoms with E-state index in [-0.39, 0.29) is 41.4 Å². The van der Waals surface area contributed by atoms with Gasteiger partial charge in [-0.1, -0.05) is 13.0 Å². The number of phenolic OH excluding ortho intramolecular Hbond substituents is 2. The van der Waals surface area contributed by atoms with E-state index in [9.17, 15) is 20.1 Å². The molecule has 130 valence electrons. The Bertz CT molecular complexity index is 726. The smallest absolute Gasteiger partial charge is 0.197 e. The molecule has 1 unspecified atom stereocenters. The number of allylic oxidation sites excluding steroid dienone is 1. The third-order valence-corrected chi connectivity index (χ3v) is 5.46. The van der Waals surface area contributed by atoms with Gasteiger partial charge in [0.2, 0.25) is 0 Å². The van der Waals surface area contributed by atoms with Crippen LogP contribution in [-0.4, -0.2) is 53.2 Å². The fraction of sp³-hybridized carbons (Fsp3) is 0.500. The van der Waals surface area contributed by atoms with Crippen LogP contribution in [0.1, 0.15) is 30.6 Å². The van der Waals surface area contributed by atoms with Gasteiger partial charge in [-0.3, -0.25) is 4.79 Å². The molecule has 0 bridgehead atoms. The lowest BCUT2D eigenvalue weighted by atomic mass is 9.56. The van der Waals surface area contributed by atoms with E-state index < -0.39 is 11.5 Å². The predicted octanol–water partition coefficient (Wildman–Crippen LogP) is 1.45. The van der Waals surface area contributed by atoms with Crippen molar-refractivity contribution in [2.75, 3.05) is 21.2 Å². The number of benzene rings is 1. The zero-order chi connectivity index (χ0) is 17.8. The van der Waals surface area contributed by atoms with Crippen LogP contribution in [0.3, 0.4) is 0 Å². The standard InChI is InChI=1S/C18H23NO5/c1-18-8-12(21)13(24-4)7-10(18)15(19(2)3)16(22)9-5-6-11(20)17(23)14(9)18/h5-7,10,15-16,20,22-23H,8H2,1-4H3/t10?,15-,16-,18-/m1/s1. The molecule has 24 heavy (non-hydrogen) atoms. The molecule has 4 atom stereocenters. The third kappa shape index (κ3) is 2.13. The summed E-state index contributed by atoms with van der Waals surface area (Å²) in [7, 11) is 5.19. The lowest BCUT2D eigenvalue weighted by molar-refractivity contribution is -0.122. The summed E-state index contributed by atoms with van der Waals surface area (Å²) in [5.74, 6) is -0.648. The van der Waals surface area contributed by atoms with Gasteiger partial charge in [0.05, 0.1) is 13.2 Å². The molecule has 0 heterocycles. The highest BCUT2D eigenvalue weighted by Gasteiger charge is 2.54. The molecule has 3 N–H and O–H groups in total. The lowest BCUT2D eigenvalue weighted by Crippen LogP contribution is -2.54. The van der Waals surface area contributed by atoms with Crippen LogP contribution in [0, 0.1) is 5.92 Å². The number of aliphatic hydroxyl groups is 1. The SMILES string of the molecule is COC1=CC2[C@@H](N(C)C)[C@H](O)c3ccc(O)c(O)c3[C@]2(C)CC1=O. The first-order chi connectivity index (χ1) is 11.2. The van der Waals surface area contributed by atoms with Crippen molar-refractivity contribution in [1.82, 2.24) is 4.90 Å². The van der Waals surface area contributed by atoms with Crippen molar-refractivity contribution in [1.29, 1.82) is 0 Å². The van der Waals surface area contributed by atoms with Gasteiger partial charge in [0.25, 0.3) is 0 Å². The minimum atomic E-state index is -0.859. The molecule has 1 aromatic carbocycles. The van der Waals surface area contributed by atoms with E-state index in [1.54, 1.807) is 12.1 Å². The molecular formula is C18H23NO5. The number of fused-ring (bicyclic) bond motifs is 3. The van der Waals surface area contributed by atoms with Gasteiger partial charge in [-0.25, -0.2) is 0 Å². The number of likely N-dealkylation sites (N-methyl/N-ethyl adjacent to an activating group) is 1. The Balaban J connectivity index is 2.31. The number of aromatic hydroxyl groups is 2. The largest absolute Gasteiger partial charge is 0.504 e. The Hall–Kier alpha value is -2.05. The monoisotopic (exact) mass is 333 g/mol. The van der Waals surface area contributed by atoms with Gasteiger partial charge in [0, 0.05) is 29.4 Å². The van der Waals surface area contributed by atoms with Crippen LogP contribution in [-0.2, 0) is 14.9 Å². The van der Waals surface area contributed by atoms with E-state index in [2.05, 4.69) is 0 Å². The zero-order valence-electron chi connectivity index (χ0n) is 14.3. The highest BCUT2D eigenvalue weighted by molar-refractivity contribution is 5.96. The topological polar surface area (TPSA) is 90.2 Å². The first kappa shape index (κ1) is 16.8. The van der Waals surface area contributed by atoms with Gasteiger partial charge in [0.1, 0.15) is 0 Å². The van der Waals surface area contributed by atoms with E-state index >= 15 is 0 Å². The number of carbonyl (C=O) groups excluding carboxylic acids is 1. The number of methoxy groups -OCH3 is 1. The second kappa shape index (κ2) is 5.50. The molecule has 6 heteroatoms. The van der Waals surface area contributed by atoms with E-state index in [0.717, 1.165) is 0 Å². The quantitative estimate of drug-likeness (QED) is 0.710. The molecule has 0 radical (unpaired) electrons. The zero-order valence-corrected chi connectivity index (χ0v) is 14.3. The maximum Gasteiger partial charge on any atom is 0.197 e. The number of hydrogen-bond donors (Lipinski definition) is 3. The maximum atomic E-state index is 12.4. The third-order valence-electron chi connectivity index (χ3n) is 5.46. The summed E-state index contributed by atoms with van der Waals surface area (Å²) in [6.07, 6.45) is 1.02. The lowest BCUT2D eigenvalue weighted by Gasteiger charge is -2.51. The summed E-state index contributed by atoms with van der Waals surface area (Å²) in [5.41, 5.74) is 0.244. The number of aliphatic hydroxyl groups excluding tert-OH is 1. The van der Waals surface area contributed by atoms with Crippen LogP contribution in [0.4, 0.5) is 0 Å². The number of ether oxygens (including phenoxy) is 1. The Kier molecular flexibility index (Phi) is 3.85. The molecule has 0 aliphatic heterocycles. The van der Waals surface area contributed by atoms with Crippen molar-refractivity contribution >= 4 is 5.78 Å². The molecule has 0 saturated heterocycles. The number of Topliss-reactive ketones (excluding diaryl/α,β-unsaturated/α-hetero) is 1. The molecule has 0 saturated carbocycles. The van der Waals surface area contributed by atoms with Gasteiger partial charge in [-0.15, -0.1) is 0 Å². The summed E-state index contributed by atoms with van der Waals surface area (Å²) in [6, 6.07) is 2.70. The van der Waals surface area contributed by atoms with E-state index in [4.69, 9.17) is 4.74 Å². The Morgan fingerprint density at radius 2 is 1.96 bits per heavy atom. The molecule has 0 spiro atoms. The Morgan fingerprint density at radius 1 is 1.29 bits per heavy atom. The van der Waals surface area contributed by atoms with Crippen molar-refractivity contribution in [2.24, 2.45) is 5.92 Å². The normalized spacial score (nSPS) is 32.2. The van der Waals surface area contributed by atoms with Crippen LogP contribution in [0.15, 0.2) is 24.0 Å². The second-order valence-electron chi connectivity index (χ2n) is 7.07. The average molecular weight is 333 g/mol. The first-order valence-corrected chi connectivity index (χ1v) is 7.91. The molecule has 6 nitrogen and oxygen atoms in total. The maximum absolute atomic E-state index is 12.4. The number of carbonyl (C=O) groups is 1. The highest BCUT2D eigenvalue weighted by atomic mass is 16.5. The summed E-state index contributed by atoms with van der Waals surface area (Å²) in [4.78, 5) is 14.4. The summed E-state index contributed by atoms with van der Waals surface area (Å²) in [6.45, 7) is 1.89. The summed E-state index contributed by atoms with van der Waals surface area (Å²) in [5, 5.41) is 31.3. The molecule has 0 fully saturated rings. The number of nitrogens with zero attached hydrogens (tertiary/aromatic N) is 1. The van der Waals surface area contributed by atoms with Crippen LogP contribution >= 0.6 is 0 Å². The number of hydrogen-bond acceptors (Lipinski definition) is 6. The van der Waals surface area contributed by atoms with Crippen LogP contribution in [0.25, 0.3) is 0 Å². The van der Waals surface area contributed by atoms with Crippen molar-refractivity contribution in [2.45, 2.75) is 30.9 Å². The molecule has 2 aliphatic rings. The summed E-state index contributed by atoms with van der Waals surface area (Å²) < 4.78 is 5.20. The molecule has 0 amide bonds. The number of ketones is 1. The van der Waals surface area contributed by atoms with Crippen molar-refractivity contribution in [3.63, 3.8) is 0 Å². The van der Waals surface area contributed by atoms with Gasteiger partial charge in [0.15, 0.2) is 23.0 Å². The van der Waals surface area contributed by atoms with Crippen LogP contribution in [0.5, 0.6) is 11.5 Å². The van der Waals surface area contributed by atoms with Crippen LogP contribution in [0.2, 0.25) is 0 Å². The highest BCUT2D eigenvalue weighted by Crippen LogP contribution is 2.56. The fourth-order valence-electron chi connectivity index (χ4n) is 4.32. The minimum Gasteiger partial charge on any atom is -0.504 e. The van der Waals surface area contributed by atoms with E-state index in [0.29, 0.717) is 11.1 Å².